The number of carbonyl (C=O) groups is 2. The molecule has 3 aromatic rings. The summed E-state index contributed by atoms with van der Waals surface area (Å²) in [7, 11) is 0. The number of carbonyl (C=O) groups excluding carboxylic acids is 2. The van der Waals surface area contributed by atoms with Crippen molar-refractivity contribution in [2.45, 2.75) is 56.8 Å². The lowest BCUT2D eigenvalue weighted by molar-refractivity contribution is -0.145. The number of esters is 1. The largest absolute Gasteiger partial charge is 0.457 e. The fraction of sp³-hybridized carbons (Fsp3) is 0.290. The Morgan fingerprint density at radius 1 is 0.919 bits per heavy atom. The van der Waals surface area contributed by atoms with E-state index in [1.165, 1.54) is 0 Å². The molecular formula is C31H29NO5. The van der Waals surface area contributed by atoms with E-state index in [-0.39, 0.29) is 18.6 Å². The van der Waals surface area contributed by atoms with Crippen molar-refractivity contribution in [2.75, 3.05) is 4.90 Å². The molecular weight excluding hydrogens is 466 g/mol. The molecule has 0 bridgehead atoms. The lowest BCUT2D eigenvalue weighted by Gasteiger charge is -2.37. The summed E-state index contributed by atoms with van der Waals surface area (Å²) in [5, 5.41) is 0. The number of hydrogen-bond donors (Lipinski definition) is 0. The van der Waals surface area contributed by atoms with E-state index < -0.39 is 23.3 Å². The Labute approximate surface area is 216 Å². The second-order valence-electron chi connectivity index (χ2n) is 10.3. The van der Waals surface area contributed by atoms with Crippen LogP contribution in [0.1, 0.15) is 37.0 Å². The summed E-state index contributed by atoms with van der Waals surface area (Å²) in [4.78, 5) is 30.0. The zero-order chi connectivity index (χ0) is 25.6. The fourth-order valence-corrected chi connectivity index (χ4v) is 5.83. The summed E-state index contributed by atoms with van der Waals surface area (Å²) in [6.45, 7) is 4.23. The maximum Gasteiger partial charge on any atom is 0.335 e. The Morgan fingerprint density at radius 3 is 2.30 bits per heavy atom. The maximum atomic E-state index is 14.5. The lowest BCUT2D eigenvalue weighted by Crippen LogP contribution is -2.50. The third-order valence-corrected chi connectivity index (χ3v) is 7.40. The molecule has 3 aromatic carbocycles. The molecule has 188 valence electrons. The number of benzene rings is 3. The average molecular weight is 496 g/mol. The predicted molar refractivity (Wildman–Crippen MR) is 139 cm³/mol. The van der Waals surface area contributed by atoms with E-state index in [0.29, 0.717) is 18.5 Å². The molecule has 3 aliphatic rings. The number of rotatable bonds is 5. The van der Waals surface area contributed by atoms with E-state index in [1.807, 2.05) is 98.8 Å². The van der Waals surface area contributed by atoms with Gasteiger partial charge in [0, 0.05) is 5.69 Å². The Bertz CT molecular complexity index is 1370. The van der Waals surface area contributed by atoms with Crippen LogP contribution < -0.4 is 4.90 Å². The van der Waals surface area contributed by atoms with E-state index in [1.54, 1.807) is 11.0 Å². The highest BCUT2D eigenvalue weighted by atomic mass is 16.7. The standard InChI is InChI=1S/C31H29NO5/c1-30(2)36-26-17-24(28(33)35-20-22-13-7-4-8-14-22)31(18-27(26)37-30)23-15-9-10-16-25(23)32(29(31)34)19-21-11-5-3-6-12-21/h3-17,26-27H,18-20H2,1-2H3/t26-,27-,31+/m1/s1. The van der Waals surface area contributed by atoms with Crippen LogP contribution in [0.3, 0.4) is 0 Å². The van der Waals surface area contributed by atoms with Crippen LogP contribution in [0, 0.1) is 0 Å². The molecule has 3 atom stereocenters. The monoisotopic (exact) mass is 495 g/mol. The Hall–Kier alpha value is -3.74. The van der Waals surface area contributed by atoms with E-state index in [2.05, 4.69) is 0 Å². The van der Waals surface area contributed by atoms with Gasteiger partial charge < -0.3 is 19.1 Å². The normalized spacial score (nSPS) is 25.5. The molecule has 0 N–H and O–H groups in total. The van der Waals surface area contributed by atoms with Crippen LogP contribution in [0.15, 0.2) is 96.6 Å². The quantitative estimate of drug-likeness (QED) is 0.463. The smallest absolute Gasteiger partial charge is 0.335 e. The topological polar surface area (TPSA) is 65.1 Å². The zero-order valence-electron chi connectivity index (χ0n) is 20.9. The number of para-hydroxylation sites is 1. The van der Waals surface area contributed by atoms with Crippen LogP contribution in [0.4, 0.5) is 5.69 Å². The van der Waals surface area contributed by atoms with Gasteiger partial charge in [0.15, 0.2) is 5.79 Å². The van der Waals surface area contributed by atoms with Crippen molar-refractivity contribution in [3.63, 3.8) is 0 Å². The summed E-state index contributed by atoms with van der Waals surface area (Å²) in [5.74, 6) is -1.48. The number of ether oxygens (including phenoxy) is 3. The van der Waals surface area contributed by atoms with Crippen molar-refractivity contribution in [1.82, 2.24) is 0 Å². The van der Waals surface area contributed by atoms with E-state index in [0.717, 1.165) is 22.4 Å². The minimum atomic E-state index is -1.22. The highest BCUT2D eigenvalue weighted by molar-refractivity contribution is 6.15. The fourth-order valence-electron chi connectivity index (χ4n) is 5.83. The first kappa shape index (κ1) is 23.6. The van der Waals surface area contributed by atoms with Crippen LogP contribution in [-0.2, 0) is 42.4 Å². The van der Waals surface area contributed by atoms with Gasteiger partial charge in [0.25, 0.3) is 0 Å². The molecule has 0 saturated carbocycles. The van der Waals surface area contributed by atoms with Crippen molar-refractivity contribution >= 4 is 17.6 Å². The molecule has 1 saturated heterocycles. The lowest BCUT2D eigenvalue weighted by atomic mass is 9.67. The summed E-state index contributed by atoms with van der Waals surface area (Å²) in [6.07, 6.45) is 1.25. The van der Waals surface area contributed by atoms with Gasteiger partial charge in [-0.25, -0.2) is 4.79 Å². The maximum absolute atomic E-state index is 14.5. The number of fused-ring (bicyclic) bond motifs is 3. The minimum absolute atomic E-state index is 0.119. The van der Waals surface area contributed by atoms with E-state index in [9.17, 15) is 9.59 Å². The number of hydrogen-bond acceptors (Lipinski definition) is 5. The van der Waals surface area contributed by atoms with Crippen LogP contribution in [-0.4, -0.2) is 29.9 Å². The van der Waals surface area contributed by atoms with Gasteiger partial charge in [-0.2, -0.15) is 0 Å². The van der Waals surface area contributed by atoms with Crippen LogP contribution in [0.25, 0.3) is 0 Å². The molecule has 2 heterocycles. The minimum Gasteiger partial charge on any atom is -0.457 e. The summed E-state index contributed by atoms with van der Waals surface area (Å²) < 4.78 is 18.1. The Kier molecular flexibility index (Phi) is 5.74. The van der Waals surface area contributed by atoms with Crippen LogP contribution in [0.2, 0.25) is 0 Å². The number of amides is 1. The molecule has 1 fully saturated rings. The van der Waals surface area contributed by atoms with Crippen molar-refractivity contribution in [2.24, 2.45) is 0 Å². The van der Waals surface area contributed by atoms with Crippen LogP contribution in [0.5, 0.6) is 0 Å². The highest BCUT2D eigenvalue weighted by Gasteiger charge is 2.61. The van der Waals surface area contributed by atoms with Gasteiger partial charge in [0.1, 0.15) is 18.1 Å². The van der Waals surface area contributed by atoms with Gasteiger partial charge in [0.2, 0.25) is 5.91 Å². The molecule has 1 aliphatic carbocycles. The number of anilines is 1. The van der Waals surface area contributed by atoms with Gasteiger partial charge in [-0.3, -0.25) is 4.79 Å². The first-order valence-electron chi connectivity index (χ1n) is 12.6. The average Bonchev–Trinajstić information content (AvgIpc) is 3.33. The summed E-state index contributed by atoms with van der Waals surface area (Å²) in [5.41, 5.74) is 2.59. The Balaban J connectivity index is 1.42. The van der Waals surface area contributed by atoms with E-state index in [4.69, 9.17) is 14.2 Å². The van der Waals surface area contributed by atoms with Crippen molar-refractivity contribution in [3.8, 4) is 0 Å². The Morgan fingerprint density at radius 2 is 1.57 bits per heavy atom. The second kappa shape index (κ2) is 8.98. The molecule has 0 unspecified atom stereocenters. The van der Waals surface area contributed by atoms with Crippen molar-refractivity contribution < 1.29 is 23.8 Å². The molecule has 1 spiro atoms. The third kappa shape index (κ3) is 4.06. The van der Waals surface area contributed by atoms with Gasteiger partial charge in [-0.15, -0.1) is 0 Å². The van der Waals surface area contributed by atoms with Gasteiger partial charge in [-0.1, -0.05) is 78.9 Å². The SMILES string of the molecule is CC1(C)O[C@@H]2C=C(C(=O)OCc3ccccc3)[C@@]3(C[C@H]2O1)C(=O)N(Cc1ccccc1)c1ccccc13. The van der Waals surface area contributed by atoms with Crippen LogP contribution >= 0.6 is 0 Å². The number of nitrogens with zero attached hydrogens (tertiary/aromatic N) is 1. The zero-order valence-corrected chi connectivity index (χ0v) is 20.9. The molecule has 6 rings (SSSR count). The van der Waals surface area contributed by atoms with Gasteiger partial charge >= 0.3 is 5.97 Å². The molecule has 1 amide bonds. The first-order chi connectivity index (χ1) is 17.9. The molecule has 37 heavy (non-hydrogen) atoms. The second-order valence-corrected chi connectivity index (χ2v) is 10.3. The van der Waals surface area contributed by atoms with Gasteiger partial charge in [-0.05, 0) is 49.1 Å². The molecule has 0 radical (unpaired) electrons. The summed E-state index contributed by atoms with van der Waals surface area (Å²) >= 11 is 0. The van der Waals surface area contributed by atoms with Crippen molar-refractivity contribution in [1.29, 1.82) is 0 Å². The van der Waals surface area contributed by atoms with Gasteiger partial charge in [0.05, 0.1) is 18.2 Å². The van der Waals surface area contributed by atoms with E-state index >= 15 is 0 Å². The first-order valence-corrected chi connectivity index (χ1v) is 12.6. The highest BCUT2D eigenvalue weighted by Crippen LogP contribution is 2.54. The molecule has 0 aromatic heterocycles. The molecule has 2 aliphatic heterocycles. The summed E-state index contributed by atoms with van der Waals surface area (Å²) in [6, 6.07) is 27.1. The predicted octanol–water partition coefficient (Wildman–Crippen LogP) is 5.06. The van der Waals surface area contributed by atoms with Crippen molar-refractivity contribution in [3.05, 3.63) is 113 Å². The third-order valence-electron chi connectivity index (χ3n) is 7.40. The molecule has 6 nitrogen and oxygen atoms in total. The molecule has 6 heteroatoms.